The lowest BCUT2D eigenvalue weighted by Gasteiger charge is -2.32. The SMILES string of the molecule is CCNC(=NCCCCn1ccccc1=O)NC1CCC(C(C)C)CC1.I. The number of guanidine groups is 1. The number of halogens is 1. The fourth-order valence-electron chi connectivity index (χ4n) is 3.67. The summed E-state index contributed by atoms with van der Waals surface area (Å²) in [7, 11) is 0. The summed E-state index contributed by atoms with van der Waals surface area (Å²) in [5, 5.41) is 6.98. The molecule has 0 spiro atoms. The quantitative estimate of drug-likeness (QED) is 0.252. The number of pyridine rings is 1. The van der Waals surface area contributed by atoms with Gasteiger partial charge in [-0.25, -0.2) is 0 Å². The van der Waals surface area contributed by atoms with Crippen LogP contribution < -0.4 is 16.2 Å². The van der Waals surface area contributed by atoms with E-state index < -0.39 is 0 Å². The molecule has 6 heteroatoms. The average Bonchev–Trinajstić information content (AvgIpc) is 2.63. The topological polar surface area (TPSA) is 58.4 Å². The summed E-state index contributed by atoms with van der Waals surface area (Å²) in [6.07, 6.45) is 8.92. The summed E-state index contributed by atoms with van der Waals surface area (Å²) in [4.78, 5) is 16.4. The van der Waals surface area contributed by atoms with Crippen molar-refractivity contribution in [2.75, 3.05) is 13.1 Å². The largest absolute Gasteiger partial charge is 0.357 e. The third-order valence-corrected chi connectivity index (χ3v) is 5.38. The van der Waals surface area contributed by atoms with Crippen molar-refractivity contribution in [2.45, 2.75) is 71.9 Å². The van der Waals surface area contributed by atoms with Gasteiger partial charge in [-0.05, 0) is 63.4 Å². The molecule has 2 rings (SSSR count). The molecule has 0 bridgehead atoms. The fourth-order valence-corrected chi connectivity index (χ4v) is 3.67. The molecule has 1 aliphatic rings. The molecule has 2 N–H and O–H groups in total. The van der Waals surface area contributed by atoms with Gasteiger partial charge in [0.25, 0.3) is 0 Å². The first-order valence-electron chi connectivity index (χ1n) is 10.3. The van der Waals surface area contributed by atoms with Crippen molar-refractivity contribution in [1.82, 2.24) is 15.2 Å². The van der Waals surface area contributed by atoms with Crippen molar-refractivity contribution in [2.24, 2.45) is 16.8 Å². The van der Waals surface area contributed by atoms with Crippen molar-refractivity contribution in [1.29, 1.82) is 0 Å². The van der Waals surface area contributed by atoms with Crippen LogP contribution in [0.1, 0.15) is 59.3 Å². The number of aromatic nitrogens is 1. The van der Waals surface area contributed by atoms with E-state index in [1.54, 1.807) is 16.7 Å². The van der Waals surface area contributed by atoms with Crippen molar-refractivity contribution < 1.29 is 0 Å². The molecule has 1 aromatic rings. The maximum absolute atomic E-state index is 11.7. The molecule has 0 radical (unpaired) electrons. The van der Waals surface area contributed by atoms with Crippen LogP contribution in [0.15, 0.2) is 34.2 Å². The van der Waals surface area contributed by atoms with Crippen LogP contribution in [0.2, 0.25) is 0 Å². The third kappa shape index (κ3) is 8.66. The van der Waals surface area contributed by atoms with E-state index in [0.29, 0.717) is 6.04 Å². The number of unbranched alkanes of at least 4 members (excludes halogenated alkanes) is 1. The van der Waals surface area contributed by atoms with Crippen molar-refractivity contribution in [3.8, 4) is 0 Å². The zero-order valence-corrected chi connectivity index (χ0v) is 19.4. The van der Waals surface area contributed by atoms with Gasteiger partial charge in [-0.3, -0.25) is 9.79 Å². The second kappa shape index (κ2) is 13.2. The highest BCUT2D eigenvalue weighted by molar-refractivity contribution is 14.0. The lowest BCUT2D eigenvalue weighted by molar-refractivity contribution is 0.250. The molecule has 27 heavy (non-hydrogen) atoms. The van der Waals surface area contributed by atoms with Crippen molar-refractivity contribution in [3.05, 3.63) is 34.7 Å². The molecule has 0 amide bonds. The van der Waals surface area contributed by atoms with Crippen molar-refractivity contribution in [3.63, 3.8) is 0 Å². The Balaban J connectivity index is 0.00000364. The Bertz CT molecular complexity index is 606. The molecule has 0 aromatic carbocycles. The van der Waals surface area contributed by atoms with Gasteiger partial charge in [-0.15, -0.1) is 24.0 Å². The summed E-state index contributed by atoms with van der Waals surface area (Å²) < 4.78 is 1.76. The Hall–Kier alpha value is -1.05. The summed E-state index contributed by atoms with van der Waals surface area (Å²) in [5.41, 5.74) is 0.0722. The van der Waals surface area contributed by atoms with Gasteiger partial charge in [-0.1, -0.05) is 19.9 Å². The molecule has 0 atom stereocenters. The van der Waals surface area contributed by atoms with Gasteiger partial charge in [0.2, 0.25) is 5.56 Å². The predicted molar refractivity (Wildman–Crippen MR) is 125 cm³/mol. The molecular formula is C21H37IN4O. The van der Waals surface area contributed by atoms with Crippen LogP contribution in [0.3, 0.4) is 0 Å². The minimum absolute atomic E-state index is 0. The van der Waals surface area contributed by atoms with Crippen LogP contribution in [-0.4, -0.2) is 29.7 Å². The van der Waals surface area contributed by atoms with Crippen molar-refractivity contribution >= 4 is 29.9 Å². The smallest absolute Gasteiger partial charge is 0.250 e. The molecule has 1 aliphatic carbocycles. The summed E-state index contributed by atoms with van der Waals surface area (Å²) in [6.45, 7) is 9.22. The lowest BCUT2D eigenvalue weighted by Crippen LogP contribution is -2.45. The fraction of sp³-hybridized carbons (Fsp3) is 0.714. The van der Waals surface area contributed by atoms with E-state index in [2.05, 4.69) is 31.4 Å². The molecule has 1 fully saturated rings. The lowest BCUT2D eigenvalue weighted by atomic mass is 9.80. The number of aliphatic imine (C=N–C) groups is 1. The van der Waals surface area contributed by atoms with E-state index in [0.717, 1.165) is 50.3 Å². The normalized spacial score (nSPS) is 20.2. The van der Waals surface area contributed by atoms with Gasteiger partial charge >= 0.3 is 0 Å². The summed E-state index contributed by atoms with van der Waals surface area (Å²) >= 11 is 0. The highest BCUT2D eigenvalue weighted by Gasteiger charge is 2.23. The Morgan fingerprint density at radius 1 is 1.22 bits per heavy atom. The standard InChI is InChI=1S/C21H36N4O.HI/c1-4-22-21(24-19-12-10-18(11-13-19)17(2)3)23-14-6-8-16-25-15-7-5-9-20(25)26;/h5,7,9,15,17-19H,4,6,8,10-14,16H2,1-3H3,(H2,22,23,24);1H. The number of nitrogens with zero attached hydrogens (tertiary/aromatic N) is 2. The molecule has 154 valence electrons. The Morgan fingerprint density at radius 3 is 2.59 bits per heavy atom. The molecule has 1 saturated carbocycles. The van der Waals surface area contributed by atoms with E-state index in [-0.39, 0.29) is 29.5 Å². The minimum Gasteiger partial charge on any atom is -0.357 e. The molecule has 0 unspecified atom stereocenters. The van der Waals surface area contributed by atoms with Crippen LogP contribution >= 0.6 is 24.0 Å². The molecular weight excluding hydrogens is 451 g/mol. The number of hydrogen-bond acceptors (Lipinski definition) is 2. The van der Waals surface area contributed by atoms with Gasteiger partial charge in [0.1, 0.15) is 0 Å². The zero-order valence-electron chi connectivity index (χ0n) is 17.1. The molecule has 0 saturated heterocycles. The van der Waals surface area contributed by atoms with Gasteiger partial charge in [0, 0.05) is 37.9 Å². The Labute approximate surface area is 181 Å². The highest BCUT2D eigenvalue weighted by atomic mass is 127. The first-order chi connectivity index (χ1) is 12.6. The second-order valence-electron chi connectivity index (χ2n) is 7.70. The second-order valence-corrected chi connectivity index (χ2v) is 7.70. The van der Waals surface area contributed by atoms with E-state index in [1.165, 1.54) is 25.7 Å². The Morgan fingerprint density at radius 2 is 1.96 bits per heavy atom. The average molecular weight is 488 g/mol. The summed E-state index contributed by atoms with van der Waals surface area (Å²) in [5.74, 6) is 2.63. The van der Waals surface area contributed by atoms with Crippen LogP contribution in [0.5, 0.6) is 0 Å². The van der Waals surface area contributed by atoms with E-state index in [4.69, 9.17) is 4.99 Å². The maximum atomic E-state index is 11.7. The number of nitrogens with one attached hydrogen (secondary N) is 2. The van der Waals surface area contributed by atoms with Gasteiger partial charge in [0.15, 0.2) is 5.96 Å². The van der Waals surface area contributed by atoms with E-state index in [1.807, 2.05) is 12.3 Å². The number of aryl methyl sites for hydroxylation is 1. The van der Waals surface area contributed by atoms with Gasteiger partial charge in [0.05, 0.1) is 0 Å². The highest BCUT2D eigenvalue weighted by Crippen LogP contribution is 2.29. The number of hydrogen-bond donors (Lipinski definition) is 2. The molecule has 5 nitrogen and oxygen atoms in total. The predicted octanol–water partition coefficient (Wildman–Crippen LogP) is 4.02. The summed E-state index contributed by atoms with van der Waals surface area (Å²) in [6, 6.07) is 5.84. The van der Waals surface area contributed by atoms with E-state index >= 15 is 0 Å². The molecule has 0 aliphatic heterocycles. The van der Waals surface area contributed by atoms with Crippen LogP contribution in [0, 0.1) is 11.8 Å². The third-order valence-electron chi connectivity index (χ3n) is 5.38. The minimum atomic E-state index is 0. The van der Waals surface area contributed by atoms with Gasteiger partial charge in [-0.2, -0.15) is 0 Å². The maximum Gasteiger partial charge on any atom is 0.250 e. The number of rotatable bonds is 8. The molecule has 1 heterocycles. The van der Waals surface area contributed by atoms with Gasteiger partial charge < -0.3 is 15.2 Å². The Kier molecular flexibility index (Phi) is 11.7. The van der Waals surface area contributed by atoms with Crippen LogP contribution in [0.25, 0.3) is 0 Å². The monoisotopic (exact) mass is 488 g/mol. The van der Waals surface area contributed by atoms with Crippen LogP contribution in [-0.2, 0) is 6.54 Å². The van der Waals surface area contributed by atoms with Crippen LogP contribution in [0.4, 0.5) is 0 Å². The van der Waals surface area contributed by atoms with E-state index in [9.17, 15) is 4.79 Å². The first-order valence-corrected chi connectivity index (χ1v) is 10.3. The first kappa shape index (κ1) is 24.0. The molecule has 1 aromatic heterocycles. The zero-order chi connectivity index (χ0) is 18.8.